The summed E-state index contributed by atoms with van der Waals surface area (Å²) in [6, 6.07) is 5.86. The topological polar surface area (TPSA) is 82.7 Å². The first kappa shape index (κ1) is 11.9. The van der Waals surface area contributed by atoms with Gasteiger partial charge in [-0.2, -0.15) is 5.10 Å². The third kappa shape index (κ3) is 2.48. The van der Waals surface area contributed by atoms with Gasteiger partial charge in [-0.1, -0.05) is 12.1 Å². The van der Waals surface area contributed by atoms with E-state index in [1.54, 1.807) is 0 Å². The van der Waals surface area contributed by atoms with Crippen LogP contribution < -0.4 is 10.6 Å². The van der Waals surface area contributed by atoms with Crippen molar-refractivity contribution >= 4 is 5.91 Å². The molecule has 1 amide bonds. The smallest absolute Gasteiger partial charge is 0.251 e. The summed E-state index contributed by atoms with van der Waals surface area (Å²) in [5, 5.41) is 12.6. The van der Waals surface area contributed by atoms with Crippen LogP contribution in [0.4, 0.5) is 0 Å². The molecule has 1 aromatic heterocycles. The number of amides is 1. The van der Waals surface area contributed by atoms with Crippen LogP contribution in [0, 0.1) is 0 Å². The van der Waals surface area contributed by atoms with Crippen molar-refractivity contribution in [3.63, 3.8) is 0 Å². The highest BCUT2D eigenvalue weighted by Crippen LogP contribution is 2.18. The number of aromatic amines is 1. The Hall–Kier alpha value is -2.21. The fourth-order valence-electron chi connectivity index (χ4n) is 2.32. The van der Waals surface area contributed by atoms with E-state index in [1.807, 2.05) is 12.1 Å². The van der Waals surface area contributed by atoms with Crippen LogP contribution in [0.25, 0.3) is 0 Å². The number of hydrogen-bond donors (Lipinski definition) is 3. The van der Waals surface area contributed by atoms with Crippen LogP contribution in [-0.4, -0.2) is 27.6 Å². The summed E-state index contributed by atoms with van der Waals surface area (Å²) in [5.41, 5.74) is 3.12. The molecule has 0 saturated heterocycles. The summed E-state index contributed by atoms with van der Waals surface area (Å²) in [6.45, 7) is 2.11. The third-order valence-electron chi connectivity index (χ3n) is 3.27. The van der Waals surface area contributed by atoms with Crippen molar-refractivity contribution in [1.82, 2.24) is 25.8 Å². The number of carbonyl (C=O) groups excluding carboxylic acids is 1. The first-order chi connectivity index (χ1) is 9.34. The second-order valence-electron chi connectivity index (χ2n) is 4.48. The van der Waals surface area contributed by atoms with E-state index in [0.29, 0.717) is 12.4 Å². The lowest BCUT2D eigenvalue weighted by Crippen LogP contribution is -2.29. The molecular weight excluding hydrogens is 242 g/mol. The summed E-state index contributed by atoms with van der Waals surface area (Å²) in [4.78, 5) is 16.2. The molecule has 6 nitrogen and oxygen atoms in total. The Morgan fingerprint density at radius 2 is 2.37 bits per heavy atom. The van der Waals surface area contributed by atoms with Crippen molar-refractivity contribution in [2.75, 3.05) is 6.54 Å². The first-order valence-corrected chi connectivity index (χ1v) is 6.28. The summed E-state index contributed by atoms with van der Waals surface area (Å²) in [7, 11) is 0. The molecule has 0 aliphatic carbocycles. The zero-order valence-corrected chi connectivity index (χ0v) is 10.4. The van der Waals surface area contributed by atoms with E-state index >= 15 is 0 Å². The average Bonchev–Trinajstić information content (AvgIpc) is 2.97. The van der Waals surface area contributed by atoms with Crippen LogP contribution in [0.15, 0.2) is 24.5 Å². The molecule has 0 bridgehead atoms. The molecule has 0 atom stereocenters. The molecule has 98 valence electrons. The molecule has 6 heteroatoms. The van der Waals surface area contributed by atoms with Crippen LogP contribution in [-0.2, 0) is 19.5 Å². The van der Waals surface area contributed by atoms with Gasteiger partial charge in [0.05, 0.1) is 6.54 Å². The molecule has 1 aromatic carbocycles. The minimum atomic E-state index is -0.0600. The molecule has 2 heterocycles. The summed E-state index contributed by atoms with van der Waals surface area (Å²) >= 11 is 0. The minimum absolute atomic E-state index is 0.0600. The van der Waals surface area contributed by atoms with Gasteiger partial charge in [-0.05, 0) is 30.2 Å². The van der Waals surface area contributed by atoms with Gasteiger partial charge in [0, 0.05) is 12.1 Å². The van der Waals surface area contributed by atoms with E-state index in [2.05, 4.69) is 31.9 Å². The van der Waals surface area contributed by atoms with Gasteiger partial charge in [-0.25, -0.2) is 4.98 Å². The van der Waals surface area contributed by atoms with E-state index in [0.717, 1.165) is 30.6 Å². The van der Waals surface area contributed by atoms with E-state index < -0.39 is 0 Å². The summed E-state index contributed by atoms with van der Waals surface area (Å²) in [5.74, 6) is 0.593. The van der Waals surface area contributed by atoms with Gasteiger partial charge >= 0.3 is 0 Å². The SMILES string of the molecule is O=C(NCc1ncn[nH]1)c1cccc2c1CCNC2. The van der Waals surface area contributed by atoms with Gasteiger partial charge in [-0.3, -0.25) is 9.89 Å². The Bertz CT molecular complexity index is 579. The maximum atomic E-state index is 12.2. The Morgan fingerprint density at radius 3 is 3.21 bits per heavy atom. The molecule has 2 aromatic rings. The third-order valence-corrected chi connectivity index (χ3v) is 3.27. The number of carbonyl (C=O) groups is 1. The van der Waals surface area contributed by atoms with Crippen molar-refractivity contribution in [3.05, 3.63) is 47.0 Å². The van der Waals surface area contributed by atoms with E-state index in [4.69, 9.17) is 0 Å². The highest BCUT2D eigenvalue weighted by atomic mass is 16.1. The Morgan fingerprint density at radius 1 is 1.42 bits per heavy atom. The molecule has 1 aliphatic rings. The number of rotatable bonds is 3. The predicted molar refractivity (Wildman–Crippen MR) is 69.4 cm³/mol. The van der Waals surface area contributed by atoms with Crippen LogP contribution in [0.3, 0.4) is 0 Å². The van der Waals surface area contributed by atoms with Crippen molar-refractivity contribution in [2.45, 2.75) is 19.5 Å². The molecule has 0 radical (unpaired) electrons. The lowest BCUT2D eigenvalue weighted by Gasteiger charge is -2.19. The van der Waals surface area contributed by atoms with Crippen LogP contribution >= 0.6 is 0 Å². The van der Waals surface area contributed by atoms with Gasteiger partial charge in [0.2, 0.25) is 0 Å². The van der Waals surface area contributed by atoms with E-state index in [1.165, 1.54) is 11.9 Å². The van der Waals surface area contributed by atoms with Gasteiger partial charge in [0.15, 0.2) is 0 Å². The highest BCUT2D eigenvalue weighted by Gasteiger charge is 2.17. The zero-order chi connectivity index (χ0) is 13.1. The van der Waals surface area contributed by atoms with E-state index in [9.17, 15) is 4.79 Å². The second-order valence-corrected chi connectivity index (χ2v) is 4.48. The molecular formula is C13H15N5O. The number of nitrogens with zero attached hydrogens (tertiary/aromatic N) is 2. The molecule has 1 aliphatic heterocycles. The largest absolute Gasteiger partial charge is 0.345 e. The number of nitrogens with one attached hydrogen (secondary N) is 3. The van der Waals surface area contributed by atoms with Crippen LogP contribution in [0.5, 0.6) is 0 Å². The molecule has 0 unspecified atom stereocenters. The molecule has 0 spiro atoms. The van der Waals surface area contributed by atoms with Crippen molar-refractivity contribution < 1.29 is 4.79 Å². The standard InChI is InChI=1S/C13H15N5O/c19-13(15-7-12-16-8-17-18-12)11-3-1-2-9-6-14-5-4-10(9)11/h1-3,8,14H,4-7H2,(H,15,19)(H,16,17,18). The molecule has 19 heavy (non-hydrogen) atoms. The van der Waals surface area contributed by atoms with Gasteiger partial charge < -0.3 is 10.6 Å². The molecule has 0 fully saturated rings. The highest BCUT2D eigenvalue weighted by molar-refractivity contribution is 5.96. The number of aromatic nitrogens is 3. The lowest BCUT2D eigenvalue weighted by molar-refractivity contribution is 0.0948. The number of benzene rings is 1. The van der Waals surface area contributed by atoms with Crippen molar-refractivity contribution in [1.29, 1.82) is 0 Å². The average molecular weight is 257 g/mol. The number of H-pyrrole nitrogens is 1. The fourth-order valence-corrected chi connectivity index (χ4v) is 2.32. The normalized spacial score (nSPS) is 13.9. The summed E-state index contributed by atoms with van der Waals surface area (Å²) in [6.07, 6.45) is 2.32. The maximum absolute atomic E-state index is 12.2. The van der Waals surface area contributed by atoms with Crippen LogP contribution in [0.1, 0.15) is 27.3 Å². The van der Waals surface area contributed by atoms with Gasteiger partial charge in [-0.15, -0.1) is 0 Å². The van der Waals surface area contributed by atoms with E-state index in [-0.39, 0.29) is 5.91 Å². The lowest BCUT2D eigenvalue weighted by atomic mass is 9.95. The second kappa shape index (κ2) is 5.19. The zero-order valence-electron chi connectivity index (χ0n) is 10.4. The maximum Gasteiger partial charge on any atom is 0.251 e. The van der Waals surface area contributed by atoms with Gasteiger partial charge in [0.25, 0.3) is 5.91 Å². The monoisotopic (exact) mass is 257 g/mol. The summed E-state index contributed by atoms with van der Waals surface area (Å²) < 4.78 is 0. The minimum Gasteiger partial charge on any atom is -0.345 e. The van der Waals surface area contributed by atoms with Crippen molar-refractivity contribution in [2.24, 2.45) is 0 Å². The van der Waals surface area contributed by atoms with Crippen molar-refractivity contribution in [3.8, 4) is 0 Å². The molecule has 3 N–H and O–H groups in total. The molecule has 0 saturated carbocycles. The molecule has 3 rings (SSSR count). The quantitative estimate of drug-likeness (QED) is 0.742. The van der Waals surface area contributed by atoms with Crippen LogP contribution in [0.2, 0.25) is 0 Å². The fraction of sp³-hybridized carbons (Fsp3) is 0.308. The van der Waals surface area contributed by atoms with Gasteiger partial charge in [0.1, 0.15) is 12.2 Å². The Labute approximate surface area is 110 Å². The number of fused-ring (bicyclic) bond motifs is 1. The first-order valence-electron chi connectivity index (χ1n) is 6.28. The number of hydrogen-bond acceptors (Lipinski definition) is 4. The predicted octanol–water partition coefficient (Wildman–Crippen LogP) is 0.380. The Balaban J connectivity index is 1.76. The Kier molecular flexibility index (Phi) is 3.24.